The summed E-state index contributed by atoms with van der Waals surface area (Å²) in [5.74, 6) is 0. The molecule has 0 amide bonds. The predicted molar refractivity (Wildman–Crippen MR) is 89.2 cm³/mol. The Morgan fingerprint density at radius 2 is 1.85 bits per heavy atom. The van der Waals surface area contributed by atoms with Gasteiger partial charge in [-0.05, 0) is 62.8 Å². The summed E-state index contributed by atoms with van der Waals surface area (Å²) in [4.78, 5) is 4.47. The zero-order chi connectivity index (χ0) is 14.3. The Hall–Kier alpha value is -0.930. The van der Waals surface area contributed by atoms with Gasteiger partial charge in [0.05, 0.1) is 19.6 Å². The quantitative estimate of drug-likeness (QED) is 0.546. The second kappa shape index (κ2) is 5.12. The number of hydrogen-bond donors (Lipinski definition) is 0. The average Bonchev–Trinajstić information content (AvgIpc) is 2.78. The maximum absolute atomic E-state index is 12.8. The van der Waals surface area contributed by atoms with E-state index in [0.717, 1.165) is 0 Å². The molecule has 0 aliphatic heterocycles. The molecule has 0 fully saturated rings. The van der Waals surface area contributed by atoms with Crippen molar-refractivity contribution in [3.63, 3.8) is 0 Å². The number of nitrogens with zero attached hydrogens (tertiary/aromatic N) is 2. The molecule has 0 aliphatic carbocycles. The van der Waals surface area contributed by atoms with Crippen LogP contribution >= 0.6 is 38.5 Å². The van der Waals surface area contributed by atoms with Crippen molar-refractivity contribution in [3.05, 3.63) is 56.8 Å². The van der Waals surface area contributed by atoms with Gasteiger partial charge in [0, 0.05) is 10.7 Å². The summed E-state index contributed by atoms with van der Waals surface area (Å²) in [6.07, 6.45) is 1.64. The zero-order valence-corrected chi connectivity index (χ0v) is 14.6. The van der Waals surface area contributed by atoms with Crippen LogP contribution in [0.3, 0.4) is 0 Å². The molecule has 0 unspecified atom stereocenters. The summed E-state index contributed by atoms with van der Waals surface area (Å²) >= 11 is 5.40. The van der Waals surface area contributed by atoms with E-state index < -0.39 is 10.0 Å². The van der Waals surface area contributed by atoms with Crippen LogP contribution in [0.4, 0.5) is 0 Å². The minimum absolute atomic E-state index is 0.256. The molecule has 1 aromatic carbocycles. The molecule has 0 saturated carbocycles. The van der Waals surface area contributed by atoms with E-state index in [0.29, 0.717) is 19.2 Å². The molecule has 3 aromatic rings. The summed E-state index contributed by atoms with van der Waals surface area (Å²) in [6, 6.07) is 11.9. The van der Waals surface area contributed by atoms with Crippen LogP contribution < -0.4 is 0 Å². The first-order valence-electron chi connectivity index (χ1n) is 5.64. The van der Waals surface area contributed by atoms with Crippen LogP contribution in [0.5, 0.6) is 0 Å². The number of pyridine rings is 1. The fraction of sp³-hybridized carbons (Fsp3) is 0. The summed E-state index contributed by atoms with van der Waals surface area (Å²) in [5.41, 5.74) is 1.20. The highest BCUT2D eigenvalue weighted by Gasteiger charge is 2.23. The van der Waals surface area contributed by atoms with Crippen LogP contribution in [-0.4, -0.2) is 17.4 Å². The van der Waals surface area contributed by atoms with E-state index in [2.05, 4.69) is 20.9 Å². The van der Waals surface area contributed by atoms with Crippen molar-refractivity contribution >= 4 is 59.6 Å². The average molecular weight is 463 g/mol. The molecule has 0 bridgehead atoms. The van der Waals surface area contributed by atoms with Crippen molar-refractivity contribution in [2.45, 2.75) is 4.90 Å². The van der Waals surface area contributed by atoms with E-state index in [4.69, 9.17) is 0 Å². The van der Waals surface area contributed by atoms with Crippen molar-refractivity contribution in [1.29, 1.82) is 0 Å². The summed E-state index contributed by atoms with van der Waals surface area (Å²) in [7, 11) is -3.64. The molecule has 102 valence electrons. The lowest BCUT2D eigenvalue weighted by Gasteiger charge is -2.09. The molecule has 2 aromatic heterocycles. The molecule has 0 atom stereocenters. The van der Waals surface area contributed by atoms with E-state index in [-0.39, 0.29) is 4.90 Å². The first kappa shape index (κ1) is 14.0. The molecule has 0 aliphatic rings. The minimum Gasteiger partial charge on any atom is -0.254 e. The highest BCUT2D eigenvalue weighted by Crippen LogP contribution is 2.30. The third-order valence-corrected chi connectivity index (χ3v) is 6.33. The van der Waals surface area contributed by atoms with Gasteiger partial charge in [-0.1, -0.05) is 18.2 Å². The van der Waals surface area contributed by atoms with E-state index >= 15 is 0 Å². The van der Waals surface area contributed by atoms with Gasteiger partial charge in [0.15, 0.2) is 0 Å². The van der Waals surface area contributed by atoms with Crippen molar-refractivity contribution in [2.75, 3.05) is 0 Å². The van der Waals surface area contributed by atoms with Gasteiger partial charge in [0.2, 0.25) is 0 Å². The number of hydrogen-bond acceptors (Lipinski definition) is 3. The van der Waals surface area contributed by atoms with Gasteiger partial charge in [-0.25, -0.2) is 12.4 Å². The van der Waals surface area contributed by atoms with E-state index in [1.54, 1.807) is 48.7 Å². The van der Waals surface area contributed by atoms with Crippen LogP contribution in [0, 0.1) is 3.70 Å². The van der Waals surface area contributed by atoms with Crippen LogP contribution in [-0.2, 0) is 10.0 Å². The highest BCUT2D eigenvalue weighted by atomic mass is 127. The smallest absolute Gasteiger partial charge is 0.254 e. The molecule has 2 heterocycles. The number of aromatic nitrogens is 2. The van der Waals surface area contributed by atoms with E-state index in [1.165, 1.54) is 3.97 Å². The van der Waals surface area contributed by atoms with Crippen molar-refractivity contribution < 1.29 is 8.42 Å². The van der Waals surface area contributed by atoms with Crippen molar-refractivity contribution in [1.82, 2.24) is 8.96 Å². The van der Waals surface area contributed by atoms with Crippen LogP contribution in [0.1, 0.15) is 0 Å². The van der Waals surface area contributed by atoms with Gasteiger partial charge in [0.1, 0.15) is 0 Å². The minimum atomic E-state index is -3.64. The standard InChI is InChI=1S/C13H8BrIN2O2S/c14-10-6-7-16-11-8-12(15)17(13(10)11)20(18,19)9-4-2-1-3-5-9/h1-8H. The van der Waals surface area contributed by atoms with Crippen molar-refractivity contribution in [3.8, 4) is 0 Å². The highest BCUT2D eigenvalue weighted by molar-refractivity contribution is 14.1. The lowest BCUT2D eigenvalue weighted by atomic mass is 10.4. The Morgan fingerprint density at radius 3 is 2.55 bits per heavy atom. The first-order chi connectivity index (χ1) is 9.51. The maximum atomic E-state index is 12.8. The van der Waals surface area contributed by atoms with Gasteiger partial charge < -0.3 is 0 Å². The fourth-order valence-electron chi connectivity index (χ4n) is 1.96. The molecule has 3 rings (SSSR count). The third-order valence-electron chi connectivity index (χ3n) is 2.84. The third kappa shape index (κ3) is 2.17. The Balaban J connectivity index is 2.38. The number of halogens is 2. The molecular formula is C13H8BrIN2O2S. The first-order valence-corrected chi connectivity index (χ1v) is 8.95. The molecule has 4 nitrogen and oxygen atoms in total. The monoisotopic (exact) mass is 462 g/mol. The van der Waals surface area contributed by atoms with Gasteiger partial charge in [-0.3, -0.25) is 4.98 Å². The molecule has 0 saturated heterocycles. The van der Waals surface area contributed by atoms with Gasteiger partial charge in [-0.2, -0.15) is 0 Å². The lowest BCUT2D eigenvalue weighted by molar-refractivity contribution is 0.588. The van der Waals surface area contributed by atoms with Crippen molar-refractivity contribution in [2.24, 2.45) is 0 Å². The molecule has 20 heavy (non-hydrogen) atoms. The lowest BCUT2D eigenvalue weighted by Crippen LogP contribution is -2.14. The van der Waals surface area contributed by atoms with Gasteiger partial charge >= 0.3 is 0 Å². The number of benzene rings is 1. The van der Waals surface area contributed by atoms with Gasteiger partial charge in [-0.15, -0.1) is 0 Å². The van der Waals surface area contributed by atoms with E-state index in [9.17, 15) is 8.42 Å². The number of fused-ring (bicyclic) bond motifs is 1. The second-order valence-electron chi connectivity index (χ2n) is 4.08. The Bertz CT molecular complexity index is 891. The molecule has 7 heteroatoms. The summed E-state index contributed by atoms with van der Waals surface area (Å²) in [5, 5.41) is 0. The number of rotatable bonds is 2. The normalized spacial score (nSPS) is 11.9. The largest absolute Gasteiger partial charge is 0.269 e. The zero-order valence-electron chi connectivity index (χ0n) is 9.99. The topological polar surface area (TPSA) is 52.0 Å². The summed E-state index contributed by atoms with van der Waals surface area (Å²) < 4.78 is 28.2. The Labute approximate surface area is 138 Å². The van der Waals surface area contributed by atoms with Gasteiger partial charge in [0.25, 0.3) is 10.0 Å². The van der Waals surface area contributed by atoms with E-state index in [1.807, 2.05) is 22.6 Å². The molecule has 0 radical (unpaired) electrons. The fourth-order valence-corrected chi connectivity index (χ4v) is 5.32. The van der Waals surface area contributed by atoms with Crippen LogP contribution in [0.25, 0.3) is 11.0 Å². The predicted octanol–water partition coefficient (Wildman–Crippen LogP) is 3.64. The summed E-state index contributed by atoms with van der Waals surface area (Å²) in [6.45, 7) is 0. The Kier molecular flexibility index (Phi) is 3.59. The van der Waals surface area contributed by atoms with Crippen LogP contribution in [0.15, 0.2) is 58.0 Å². The molecule has 0 N–H and O–H groups in total. The Morgan fingerprint density at radius 1 is 1.15 bits per heavy atom. The molecular weight excluding hydrogens is 455 g/mol. The SMILES string of the molecule is O=S(=O)(c1ccccc1)n1c(I)cc2nccc(Br)c21. The maximum Gasteiger partial charge on any atom is 0.269 e. The van der Waals surface area contributed by atoms with Crippen LogP contribution in [0.2, 0.25) is 0 Å². The molecule has 0 spiro atoms. The second-order valence-corrected chi connectivity index (χ2v) is 7.82.